The number of hydrogen-bond donors (Lipinski definition) is 0. The molecule has 0 unspecified atom stereocenters. The lowest BCUT2D eigenvalue weighted by molar-refractivity contribution is 0.312. The molecule has 0 radical (unpaired) electrons. The number of rotatable bonds is 2. The number of benzene rings is 1. The number of pyridine rings is 1. The first-order valence-corrected chi connectivity index (χ1v) is 8.11. The summed E-state index contributed by atoms with van der Waals surface area (Å²) in [5.74, 6) is 0. The highest BCUT2D eigenvalue weighted by Crippen LogP contribution is 2.31. The van der Waals surface area contributed by atoms with Crippen molar-refractivity contribution in [3.8, 4) is 0 Å². The van der Waals surface area contributed by atoms with Gasteiger partial charge in [0.1, 0.15) is 0 Å². The highest BCUT2D eigenvalue weighted by Gasteiger charge is 2.21. The van der Waals surface area contributed by atoms with Crippen LogP contribution in [0.25, 0.3) is 23.2 Å². The van der Waals surface area contributed by atoms with Crippen molar-refractivity contribution in [2.75, 3.05) is 13.6 Å². The molecule has 0 atom stereocenters. The third kappa shape index (κ3) is 2.97. The SMILES string of the molecule is Cc1ccc2c(c1)c1c(n2/C=C/c2ccncc2)CCN(C)C1.Cl. The summed E-state index contributed by atoms with van der Waals surface area (Å²) in [5.41, 5.74) is 6.74. The lowest BCUT2D eigenvalue weighted by Crippen LogP contribution is -2.26. The molecule has 0 spiro atoms. The van der Waals surface area contributed by atoms with Crippen molar-refractivity contribution < 1.29 is 0 Å². The number of hydrogen-bond acceptors (Lipinski definition) is 2. The van der Waals surface area contributed by atoms with Crippen LogP contribution in [0.4, 0.5) is 0 Å². The summed E-state index contributed by atoms with van der Waals surface area (Å²) in [4.78, 5) is 6.49. The van der Waals surface area contributed by atoms with E-state index < -0.39 is 0 Å². The Hall–Kier alpha value is -2.10. The molecule has 0 amide bonds. The van der Waals surface area contributed by atoms with Crippen LogP contribution in [0.3, 0.4) is 0 Å². The minimum absolute atomic E-state index is 0. The molecule has 4 heteroatoms. The Morgan fingerprint density at radius 2 is 1.92 bits per heavy atom. The fourth-order valence-electron chi connectivity index (χ4n) is 3.45. The topological polar surface area (TPSA) is 21.1 Å². The average molecular weight is 340 g/mol. The standard InChI is InChI=1S/C20H21N3.ClH/c1-15-3-4-19-17(13-15)18-14-22(2)11-8-20(18)23(19)12-7-16-5-9-21-10-6-16;/h3-7,9-10,12-13H,8,11,14H2,1-2H3;1H/b12-7+;. The van der Waals surface area contributed by atoms with Crippen LogP contribution in [-0.4, -0.2) is 28.0 Å². The molecule has 2 aromatic heterocycles. The van der Waals surface area contributed by atoms with Crippen LogP contribution in [0.1, 0.15) is 22.4 Å². The van der Waals surface area contributed by atoms with E-state index in [1.165, 1.54) is 33.3 Å². The Labute approximate surface area is 149 Å². The number of likely N-dealkylation sites (N-methyl/N-ethyl adjacent to an activating group) is 1. The van der Waals surface area contributed by atoms with Crippen molar-refractivity contribution >= 4 is 35.6 Å². The summed E-state index contributed by atoms with van der Waals surface area (Å²) in [6.07, 6.45) is 9.14. The Bertz CT molecular complexity index is 881. The molecular formula is C20H22ClN3. The predicted octanol–water partition coefficient (Wildman–Crippen LogP) is 4.38. The summed E-state index contributed by atoms with van der Waals surface area (Å²) in [6.45, 7) is 4.32. The summed E-state index contributed by atoms with van der Waals surface area (Å²) >= 11 is 0. The molecule has 3 aromatic rings. The smallest absolute Gasteiger partial charge is 0.0528 e. The highest BCUT2D eigenvalue weighted by molar-refractivity contribution is 5.89. The van der Waals surface area contributed by atoms with Crippen molar-refractivity contribution in [2.24, 2.45) is 0 Å². The van der Waals surface area contributed by atoms with Gasteiger partial charge in [-0.05, 0) is 55.4 Å². The molecule has 3 nitrogen and oxygen atoms in total. The number of fused-ring (bicyclic) bond motifs is 3. The van der Waals surface area contributed by atoms with Crippen LogP contribution in [0.15, 0.2) is 42.7 Å². The number of aryl methyl sites for hydroxylation is 1. The number of halogens is 1. The zero-order valence-electron chi connectivity index (χ0n) is 14.1. The minimum atomic E-state index is 0. The highest BCUT2D eigenvalue weighted by atomic mass is 35.5. The van der Waals surface area contributed by atoms with Crippen LogP contribution >= 0.6 is 12.4 Å². The second-order valence-corrected chi connectivity index (χ2v) is 6.40. The van der Waals surface area contributed by atoms with Gasteiger partial charge in [0.05, 0.1) is 5.52 Å². The van der Waals surface area contributed by atoms with E-state index >= 15 is 0 Å². The Kier molecular flexibility index (Phi) is 4.74. The van der Waals surface area contributed by atoms with Gasteiger partial charge < -0.3 is 9.47 Å². The van der Waals surface area contributed by atoms with Crippen molar-refractivity contribution in [1.29, 1.82) is 0 Å². The average Bonchev–Trinajstić information content (AvgIpc) is 2.86. The first-order chi connectivity index (χ1) is 11.2. The van der Waals surface area contributed by atoms with Gasteiger partial charge in [-0.15, -0.1) is 12.4 Å². The number of aromatic nitrogens is 2. The second-order valence-electron chi connectivity index (χ2n) is 6.40. The molecule has 0 saturated carbocycles. The summed E-state index contributed by atoms with van der Waals surface area (Å²) in [7, 11) is 2.20. The van der Waals surface area contributed by atoms with Gasteiger partial charge in [-0.2, -0.15) is 0 Å². The van der Waals surface area contributed by atoms with Crippen LogP contribution < -0.4 is 0 Å². The van der Waals surface area contributed by atoms with Gasteiger partial charge in [0, 0.05) is 49.2 Å². The van der Waals surface area contributed by atoms with Crippen molar-refractivity contribution in [1.82, 2.24) is 14.5 Å². The third-order valence-corrected chi connectivity index (χ3v) is 4.66. The second kappa shape index (κ2) is 6.80. The zero-order valence-corrected chi connectivity index (χ0v) is 14.9. The zero-order chi connectivity index (χ0) is 15.8. The van der Waals surface area contributed by atoms with Gasteiger partial charge in [0.25, 0.3) is 0 Å². The molecule has 0 saturated heterocycles. The molecule has 0 fully saturated rings. The minimum Gasteiger partial charge on any atom is -0.320 e. The van der Waals surface area contributed by atoms with Gasteiger partial charge in [0.15, 0.2) is 0 Å². The Balaban J connectivity index is 0.00000169. The first-order valence-electron chi connectivity index (χ1n) is 8.11. The Morgan fingerprint density at radius 1 is 1.12 bits per heavy atom. The van der Waals surface area contributed by atoms with Gasteiger partial charge in [-0.3, -0.25) is 4.98 Å². The molecule has 3 heterocycles. The number of nitrogens with zero attached hydrogens (tertiary/aromatic N) is 3. The molecule has 1 aliphatic heterocycles. The maximum atomic E-state index is 4.08. The van der Waals surface area contributed by atoms with E-state index in [1.807, 2.05) is 24.5 Å². The maximum Gasteiger partial charge on any atom is 0.0528 e. The molecule has 24 heavy (non-hydrogen) atoms. The van der Waals surface area contributed by atoms with E-state index in [-0.39, 0.29) is 12.4 Å². The van der Waals surface area contributed by atoms with E-state index in [0.29, 0.717) is 0 Å². The van der Waals surface area contributed by atoms with E-state index in [0.717, 1.165) is 19.5 Å². The van der Waals surface area contributed by atoms with Gasteiger partial charge >= 0.3 is 0 Å². The van der Waals surface area contributed by atoms with Gasteiger partial charge in [-0.25, -0.2) is 0 Å². The van der Waals surface area contributed by atoms with Crippen LogP contribution in [0, 0.1) is 6.92 Å². The van der Waals surface area contributed by atoms with Crippen molar-refractivity contribution in [2.45, 2.75) is 19.9 Å². The van der Waals surface area contributed by atoms with Crippen LogP contribution in [0.2, 0.25) is 0 Å². The molecule has 0 bridgehead atoms. The maximum absolute atomic E-state index is 4.08. The fourth-order valence-corrected chi connectivity index (χ4v) is 3.45. The van der Waals surface area contributed by atoms with E-state index in [1.54, 1.807) is 0 Å². The molecule has 4 rings (SSSR count). The Morgan fingerprint density at radius 3 is 2.71 bits per heavy atom. The quantitative estimate of drug-likeness (QED) is 0.690. The fraction of sp³-hybridized carbons (Fsp3) is 0.250. The van der Waals surface area contributed by atoms with Gasteiger partial charge in [-0.1, -0.05) is 11.6 Å². The molecule has 1 aliphatic rings. The van der Waals surface area contributed by atoms with Crippen molar-refractivity contribution in [3.63, 3.8) is 0 Å². The molecule has 124 valence electrons. The van der Waals surface area contributed by atoms with E-state index in [2.05, 4.69) is 58.9 Å². The lowest BCUT2D eigenvalue weighted by Gasteiger charge is -2.23. The summed E-state index contributed by atoms with van der Waals surface area (Å²) in [5, 5.41) is 1.39. The third-order valence-electron chi connectivity index (χ3n) is 4.66. The summed E-state index contributed by atoms with van der Waals surface area (Å²) < 4.78 is 2.37. The van der Waals surface area contributed by atoms with E-state index in [9.17, 15) is 0 Å². The van der Waals surface area contributed by atoms with E-state index in [4.69, 9.17) is 0 Å². The largest absolute Gasteiger partial charge is 0.320 e. The van der Waals surface area contributed by atoms with Crippen LogP contribution in [0.5, 0.6) is 0 Å². The van der Waals surface area contributed by atoms with Crippen molar-refractivity contribution in [3.05, 3.63) is 65.1 Å². The molecule has 0 N–H and O–H groups in total. The lowest BCUT2D eigenvalue weighted by atomic mass is 10.0. The molecule has 1 aromatic carbocycles. The normalized spacial score (nSPS) is 14.8. The molecular weight excluding hydrogens is 318 g/mol. The van der Waals surface area contributed by atoms with Gasteiger partial charge in [0.2, 0.25) is 0 Å². The summed E-state index contributed by atoms with van der Waals surface area (Å²) in [6, 6.07) is 10.8. The first kappa shape index (κ1) is 16.7. The monoisotopic (exact) mass is 339 g/mol. The molecule has 0 aliphatic carbocycles. The van der Waals surface area contributed by atoms with Crippen LogP contribution in [-0.2, 0) is 13.0 Å². The predicted molar refractivity (Wildman–Crippen MR) is 103 cm³/mol.